The number of carbonyl (C=O) groups is 6. The van der Waals surface area contributed by atoms with Gasteiger partial charge in [0.25, 0.3) is 0 Å². The lowest BCUT2D eigenvalue weighted by Crippen LogP contribution is -2.57. The van der Waals surface area contributed by atoms with E-state index in [0.717, 1.165) is 0 Å². The van der Waals surface area contributed by atoms with Crippen LogP contribution in [0, 0.1) is 0 Å². The molecule has 0 heterocycles. The Labute approximate surface area is 170 Å². The highest BCUT2D eigenvalue weighted by molar-refractivity contribution is 5.94. The van der Waals surface area contributed by atoms with Crippen molar-refractivity contribution in [3.8, 4) is 0 Å². The van der Waals surface area contributed by atoms with Crippen LogP contribution in [0.4, 0.5) is 0 Å². The van der Waals surface area contributed by atoms with Gasteiger partial charge in [0.1, 0.15) is 24.2 Å². The van der Waals surface area contributed by atoms with Crippen LogP contribution in [0.1, 0.15) is 33.1 Å². The van der Waals surface area contributed by atoms with Crippen LogP contribution in [0.15, 0.2) is 0 Å². The van der Waals surface area contributed by atoms with Gasteiger partial charge in [0, 0.05) is 6.42 Å². The largest absolute Gasteiger partial charge is 0.481 e. The normalized spacial score (nSPS) is 15.6. The van der Waals surface area contributed by atoms with Crippen molar-refractivity contribution >= 4 is 35.6 Å². The fraction of sp³-hybridized carbons (Fsp3) is 0.625. The molecule has 0 saturated heterocycles. The van der Waals surface area contributed by atoms with Crippen molar-refractivity contribution in [3.05, 3.63) is 0 Å². The zero-order valence-electron chi connectivity index (χ0n) is 16.3. The summed E-state index contributed by atoms with van der Waals surface area (Å²) in [6.45, 7) is 2.41. The van der Waals surface area contributed by atoms with E-state index in [1.165, 1.54) is 13.8 Å². The Balaban J connectivity index is 5.15. The summed E-state index contributed by atoms with van der Waals surface area (Å²) in [5, 5.41) is 42.1. The highest BCUT2D eigenvalue weighted by atomic mass is 16.4. The third kappa shape index (κ3) is 9.79. The molecular weight excluding hydrogens is 408 g/mol. The Morgan fingerprint density at radius 3 is 1.77 bits per heavy atom. The third-order valence-corrected chi connectivity index (χ3v) is 3.85. The van der Waals surface area contributed by atoms with Crippen molar-refractivity contribution < 1.29 is 49.2 Å². The summed E-state index contributed by atoms with van der Waals surface area (Å²) < 4.78 is 0. The number of aliphatic hydroxyl groups is 1. The number of carboxylic acid groups (broad SMARTS) is 3. The number of rotatable bonds is 13. The highest BCUT2D eigenvalue weighted by Gasteiger charge is 2.30. The molecule has 0 aliphatic carbocycles. The monoisotopic (exact) mass is 434 g/mol. The van der Waals surface area contributed by atoms with Crippen LogP contribution in [0.3, 0.4) is 0 Å². The number of aliphatic hydroxyl groups excluding tert-OH is 1. The van der Waals surface area contributed by atoms with Crippen LogP contribution < -0.4 is 21.7 Å². The number of nitrogens with two attached hydrogens (primary N) is 1. The molecule has 170 valence electrons. The lowest BCUT2D eigenvalue weighted by Gasteiger charge is -2.23. The Morgan fingerprint density at radius 1 is 0.800 bits per heavy atom. The van der Waals surface area contributed by atoms with Gasteiger partial charge in [0.2, 0.25) is 17.7 Å². The molecule has 0 aromatic rings. The van der Waals surface area contributed by atoms with E-state index in [4.69, 9.17) is 21.1 Å². The van der Waals surface area contributed by atoms with Crippen molar-refractivity contribution in [1.29, 1.82) is 0 Å². The minimum atomic E-state index is -1.74. The van der Waals surface area contributed by atoms with E-state index in [1.807, 2.05) is 5.32 Å². The summed E-state index contributed by atoms with van der Waals surface area (Å²) in [7, 11) is 0. The van der Waals surface area contributed by atoms with Crippen molar-refractivity contribution in [2.24, 2.45) is 5.73 Å². The van der Waals surface area contributed by atoms with Crippen LogP contribution in [-0.4, -0.2) is 86.3 Å². The lowest BCUT2D eigenvalue weighted by atomic mass is 10.1. The van der Waals surface area contributed by atoms with Gasteiger partial charge in [-0.05, 0) is 20.3 Å². The Morgan fingerprint density at radius 2 is 1.33 bits per heavy atom. The van der Waals surface area contributed by atoms with Crippen molar-refractivity contribution in [2.45, 2.75) is 63.4 Å². The zero-order valence-corrected chi connectivity index (χ0v) is 16.3. The average Bonchev–Trinajstić information content (AvgIpc) is 2.62. The standard InChI is InChI=1S/C16H26N4O10/c1-6(13(26)20-9(16(29)30)5-11(24)25)18-14(27)8(3-4-10(22)23)19-15(28)12(17)7(2)21/h6-9,12,21H,3-5,17H2,1-2H3,(H,18,27)(H,19,28)(H,20,26)(H,22,23)(H,24,25)(H,29,30). The number of carbonyl (C=O) groups excluding carboxylic acids is 3. The maximum absolute atomic E-state index is 12.4. The Kier molecular flexibility index (Phi) is 11.0. The van der Waals surface area contributed by atoms with E-state index >= 15 is 0 Å². The molecule has 5 atom stereocenters. The fourth-order valence-corrected chi connectivity index (χ4v) is 2.07. The second-order valence-electron chi connectivity index (χ2n) is 6.49. The molecule has 0 aromatic carbocycles. The first-order chi connectivity index (χ1) is 13.8. The molecule has 0 aromatic heterocycles. The molecule has 14 heteroatoms. The smallest absolute Gasteiger partial charge is 0.326 e. The van der Waals surface area contributed by atoms with Gasteiger partial charge in [-0.1, -0.05) is 0 Å². The summed E-state index contributed by atoms with van der Waals surface area (Å²) in [5.41, 5.74) is 5.46. The summed E-state index contributed by atoms with van der Waals surface area (Å²) in [5.74, 6) is -7.23. The topological polar surface area (TPSA) is 245 Å². The van der Waals surface area contributed by atoms with E-state index in [0.29, 0.717) is 0 Å². The molecule has 0 radical (unpaired) electrons. The molecule has 0 fully saturated rings. The van der Waals surface area contributed by atoms with E-state index < -0.39 is 78.7 Å². The molecule has 5 unspecified atom stereocenters. The maximum Gasteiger partial charge on any atom is 0.326 e. The number of carboxylic acids is 3. The first-order valence-corrected chi connectivity index (χ1v) is 8.77. The minimum absolute atomic E-state index is 0.357. The van der Waals surface area contributed by atoms with E-state index in [-0.39, 0.29) is 6.42 Å². The second kappa shape index (κ2) is 12.3. The van der Waals surface area contributed by atoms with E-state index in [1.54, 1.807) is 0 Å². The summed E-state index contributed by atoms with van der Waals surface area (Å²) in [4.78, 5) is 68.9. The Bertz CT molecular complexity index is 681. The summed E-state index contributed by atoms with van der Waals surface area (Å²) in [6.07, 6.45) is -3.01. The molecule has 0 spiro atoms. The molecule has 0 rings (SSSR count). The quantitative estimate of drug-likeness (QED) is 0.142. The fourth-order valence-electron chi connectivity index (χ4n) is 2.07. The van der Waals surface area contributed by atoms with Gasteiger partial charge in [0.05, 0.1) is 12.5 Å². The molecule has 14 nitrogen and oxygen atoms in total. The Hall–Kier alpha value is -3.26. The number of hydrogen-bond acceptors (Lipinski definition) is 8. The van der Waals surface area contributed by atoms with Gasteiger partial charge in [-0.25, -0.2) is 4.79 Å². The summed E-state index contributed by atoms with van der Waals surface area (Å²) in [6, 6.07) is -5.88. The number of amides is 3. The molecule has 0 saturated carbocycles. The third-order valence-electron chi connectivity index (χ3n) is 3.85. The molecular formula is C16H26N4O10. The van der Waals surface area contributed by atoms with Crippen LogP contribution in [0.25, 0.3) is 0 Å². The first-order valence-electron chi connectivity index (χ1n) is 8.77. The van der Waals surface area contributed by atoms with Crippen LogP contribution in [0.5, 0.6) is 0 Å². The average molecular weight is 434 g/mol. The molecule has 9 N–H and O–H groups in total. The van der Waals surface area contributed by atoms with Gasteiger partial charge in [-0.15, -0.1) is 0 Å². The maximum atomic E-state index is 12.4. The van der Waals surface area contributed by atoms with Gasteiger partial charge < -0.3 is 42.1 Å². The van der Waals surface area contributed by atoms with Gasteiger partial charge in [0.15, 0.2) is 0 Å². The van der Waals surface area contributed by atoms with Crippen LogP contribution >= 0.6 is 0 Å². The zero-order chi connectivity index (χ0) is 23.6. The molecule has 30 heavy (non-hydrogen) atoms. The SMILES string of the molecule is CC(NC(=O)C(CCC(=O)O)NC(=O)C(N)C(C)O)C(=O)NC(CC(=O)O)C(=O)O. The van der Waals surface area contributed by atoms with Gasteiger partial charge in [-0.2, -0.15) is 0 Å². The number of aliphatic carboxylic acids is 3. The van der Waals surface area contributed by atoms with E-state index in [2.05, 4.69) is 10.6 Å². The van der Waals surface area contributed by atoms with Crippen LogP contribution in [0.2, 0.25) is 0 Å². The summed E-state index contributed by atoms with van der Waals surface area (Å²) >= 11 is 0. The van der Waals surface area contributed by atoms with E-state index in [9.17, 15) is 33.9 Å². The van der Waals surface area contributed by atoms with Gasteiger partial charge in [-0.3, -0.25) is 24.0 Å². The molecule has 3 amide bonds. The second-order valence-corrected chi connectivity index (χ2v) is 6.49. The van der Waals surface area contributed by atoms with Crippen LogP contribution in [-0.2, 0) is 28.8 Å². The number of nitrogens with one attached hydrogen (secondary N) is 3. The van der Waals surface area contributed by atoms with Crippen molar-refractivity contribution in [2.75, 3.05) is 0 Å². The van der Waals surface area contributed by atoms with Gasteiger partial charge >= 0.3 is 17.9 Å². The molecule has 0 aliphatic heterocycles. The number of hydrogen-bond donors (Lipinski definition) is 8. The highest BCUT2D eigenvalue weighted by Crippen LogP contribution is 2.02. The van der Waals surface area contributed by atoms with Crippen molar-refractivity contribution in [1.82, 2.24) is 16.0 Å². The molecule has 0 bridgehead atoms. The predicted octanol–water partition coefficient (Wildman–Crippen LogP) is -3.41. The van der Waals surface area contributed by atoms with Crippen molar-refractivity contribution in [3.63, 3.8) is 0 Å². The first kappa shape index (κ1) is 26.7. The minimum Gasteiger partial charge on any atom is -0.481 e. The molecule has 0 aliphatic rings. The lowest BCUT2D eigenvalue weighted by molar-refractivity contribution is -0.147. The predicted molar refractivity (Wildman–Crippen MR) is 97.9 cm³/mol.